The van der Waals surface area contributed by atoms with Gasteiger partial charge in [-0.2, -0.15) is 5.10 Å². The Kier molecular flexibility index (Phi) is 10.6. The second kappa shape index (κ2) is 14.4. The lowest BCUT2D eigenvalue weighted by molar-refractivity contribution is 0.0964. The fourth-order valence-electron chi connectivity index (χ4n) is 5.22. The number of amides is 1. The summed E-state index contributed by atoms with van der Waals surface area (Å²) in [6.45, 7) is 8.22. The van der Waals surface area contributed by atoms with E-state index in [-0.39, 0.29) is 22.4 Å². The molecule has 2 heterocycles. The highest BCUT2D eigenvalue weighted by Crippen LogP contribution is 2.39. The van der Waals surface area contributed by atoms with E-state index in [9.17, 15) is 9.18 Å². The average Bonchev–Trinajstić information content (AvgIpc) is 3.63. The van der Waals surface area contributed by atoms with Crippen LogP contribution in [0.4, 0.5) is 8.78 Å². The monoisotopic (exact) mass is 588 g/mol. The summed E-state index contributed by atoms with van der Waals surface area (Å²) < 4.78 is 31.3. The lowest BCUT2D eigenvalue weighted by atomic mass is 9.99. The minimum atomic E-state index is -0.484. The number of pyridine rings is 1. The number of carbonyl (C=O) groups is 1. The first-order valence-corrected chi connectivity index (χ1v) is 15.0. The third kappa shape index (κ3) is 7.45. The second-order valence-electron chi connectivity index (χ2n) is 11.0. The molecule has 1 amide bonds. The molecule has 0 bridgehead atoms. The maximum Gasteiger partial charge on any atom is 0.255 e. The van der Waals surface area contributed by atoms with Crippen LogP contribution in [0.5, 0.6) is 0 Å². The van der Waals surface area contributed by atoms with Gasteiger partial charge in [-0.15, -0.1) is 0 Å². The summed E-state index contributed by atoms with van der Waals surface area (Å²) in [5.74, 6) is -0.218. The van der Waals surface area contributed by atoms with E-state index in [1.807, 2.05) is 44.4 Å². The van der Waals surface area contributed by atoms with Crippen LogP contribution >= 0.6 is 0 Å². The van der Waals surface area contributed by atoms with Crippen molar-refractivity contribution in [2.24, 2.45) is 9.98 Å². The van der Waals surface area contributed by atoms with E-state index in [4.69, 9.17) is 0 Å². The van der Waals surface area contributed by atoms with Gasteiger partial charge in [0.1, 0.15) is 17.0 Å². The number of fused-ring (bicyclic) bond motifs is 1. The number of hydrogen-bond donors (Lipinski definition) is 2. The quantitative estimate of drug-likeness (QED) is 0.175. The SMILES string of the molecule is C=C(NC1(C(N=CCC)=NC)CC1)/C(C)=C/C=C\Cc1ccn2nc(/C3=C/CC/C=C(/F)CCC3)c(C(=O)NC)c2c1F. The zero-order valence-corrected chi connectivity index (χ0v) is 25.6. The third-order valence-electron chi connectivity index (χ3n) is 7.83. The first-order valence-electron chi connectivity index (χ1n) is 15.0. The van der Waals surface area contributed by atoms with Gasteiger partial charge < -0.3 is 10.6 Å². The first kappa shape index (κ1) is 31.8. The van der Waals surface area contributed by atoms with E-state index < -0.39 is 11.7 Å². The number of amidine groups is 1. The largest absolute Gasteiger partial charge is 0.373 e. The molecule has 0 aromatic carbocycles. The number of nitrogens with one attached hydrogen (secondary N) is 2. The molecule has 1 saturated carbocycles. The summed E-state index contributed by atoms with van der Waals surface area (Å²) in [7, 11) is 3.28. The number of allylic oxidation sites excluding steroid dienone is 8. The summed E-state index contributed by atoms with van der Waals surface area (Å²) in [5.41, 5.74) is 3.56. The fourth-order valence-corrected chi connectivity index (χ4v) is 5.22. The van der Waals surface area contributed by atoms with Crippen molar-refractivity contribution >= 4 is 29.0 Å². The van der Waals surface area contributed by atoms with Crippen molar-refractivity contribution < 1.29 is 13.6 Å². The van der Waals surface area contributed by atoms with E-state index in [2.05, 4.69) is 32.3 Å². The maximum atomic E-state index is 16.0. The van der Waals surface area contributed by atoms with Crippen LogP contribution in [0, 0.1) is 5.82 Å². The normalized spacial score (nSPS) is 20.2. The van der Waals surface area contributed by atoms with Crippen LogP contribution in [0.3, 0.4) is 0 Å². The van der Waals surface area contributed by atoms with Gasteiger partial charge in [0.05, 0.1) is 16.9 Å². The van der Waals surface area contributed by atoms with E-state index in [1.54, 1.807) is 25.4 Å². The summed E-state index contributed by atoms with van der Waals surface area (Å²) in [6.07, 6.45) is 18.6. The molecular formula is C34H42F2N6O. The molecule has 4 rings (SSSR count). The molecule has 0 unspecified atom stereocenters. The Morgan fingerprint density at radius 3 is 2.70 bits per heavy atom. The van der Waals surface area contributed by atoms with E-state index >= 15 is 4.39 Å². The molecule has 2 aliphatic rings. The molecule has 0 spiro atoms. The third-order valence-corrected chi connectivity index (χ3v) is 7.83. The molecule has 2 aromatic rings. The predicted octanol–water partition coefficient (Wildman–Crippen LogP) is 7.22. The van der Waals surface area contributed by atoms with Crippen molar-refractivity contribution in [2.75, 3.05) is 14.1 Å². The van der Waals surface area contributed by atoms with Crippen molar-refractivity contribution in [3.63, 3.8) is 0 Å². The van der Waals surface area contributed by atoms with Crippen molar-refractivity contribution in [3.05, 3.63) is 89.0 Å². The number of rotatable bonds is 10. The number of aliphatic imine (C=N–C) groups is 2. The molecule has 43 heavy (non-hydrogen) atoms. The first-order chi connectivity index (χ1) is 20.7. The van der Waals surface area contributed by atoms with Gasteiger partial charge in [0.15, 0.2) is 5.82 Å². The highest BCUT2D eigenvalue weighted by molar-refractivity contribution is 6.05. The van der Waals surface area contributed by atoms with Gasteiger partial charge in [0, 0.05) is 32.2 Å². The number of carbonyl (C=O) groups excluding carboxylic acids is 1. The van der Waals surface area contributed by atoms with Gasteiger partial charge in [0.2, 0.25) is 0 Å². The smallest absolute Gasteiger partial charge is 0.255 e. The lowest BCUT2D eigenvalue weighted by Gasteiger charge is -2.20. The number of halogens is 2. The Bertz CT molecular complexity index is 1550. The summed E-state index contributed by atoms with van der Waals surface area (Å²) >= 11 is 0. The molecule has 7 nitrogen and oxygen atoms in total. The number of aromatic nitrogens is 2. The van der Waals surface area contributed by atoms with E-state index in [0.29, 0.717) is 49.8 Å². The van der Waals surface area contributed by atoms with Gasteiger partial charge in [-0.25, -0.2) is 18.3 Å². The van der Waals surface area contributed by atoms with Gasteiger partial charge >= 0.3 is 0 Å². The van der Waals surface area contributed by atoms with Gasteiger partial charge in [-0.05, 0) is 87.5 Å². The van der Waals surface area contributed by atoms with Crippen LogP contribution in [0.15, 0.2) is 76.3 Å². The predicted molar refractivity (Wildman–Crippen MR) is 172 cm³/mol. The van der Waals surface area contributed by atoms with E-state index in [1.165, 1.54) is 11.6 Å². The minimum Gasteiger partial charge on any atom is -0.373 e. The molecule has 228 valence electrons. The molecular weight excluding hydrogens is 546 g/mol. The Hall–Kier alpha value is -4.14. The van der Waals surface area contributed by atoms with Crippen LogP contribution in [0.2, 0.25) is 0 Å². The zero-order chi connectivity index (χ0) is 31.0. The Balaban J connectivity index is 1.53. The minimum absolute atomic E-state index is 0.116. The summed E-state index contributed by atoms with van der Waals surface area (Å²) in [4.78, 5) is 21.9. The molecule has 1 fully saturated rings. The Morgan fingerprint density at radius 1 is 1.23 bits per heavy atom. The fraction of sp³-hybridized carbons (Fsp3) is 0.412. The molecule has 0 atom stereocenters. The van der Waals surface area contributed by atoms with Gasteiger partial charge in [-0.3, -0.25) is 9.79 Å². The lowest BCUT2D eigenvalue weighted by Crippen LogP contribution is -2.38. The van der Waals surface area contributed by atoms with Crippen LogP contribution in [-0.4, -0.2) is 47.2 Å². The van der Waals surface area contributed by atoms with Crippen LogP contribution in [0.1, 0.15) is 86.8 Å². The molecule has 0 saturated heterocycles. The van der Waals surface area contributed by atoms with Crippen molar-refractivity contribution in [1.82, 2.24) is 20.2 Å². The van der Waals surface area contributed by atoms with Crippen LogP contribution < -0.4 is 10.6 Å². The standard InChI is InChI=1S/C34H42F2N6O/c1-6-21-39-33(38-5)34(19-20-34)40-24(3)23(2)12-7-8-13-25-18-22-42-31(29(25)36)28(32(43)37-4)30(41-42)26-14-9-10-16-27(35)17-11-15-26/h7-8,12,14,16,18,21-22,40H,3,6,9-11,13,15,17,19-20H2,1-2,4-5H3,(H,37,43)/b8-7-,23-12+,26-14+,27-16+,38-33?,39-21?. The van der Waals surface area contributed by atoms with Crippen molar-refractivity contribution in [3.8, 4) is 0 Å². The van der Waals surface area contributed by atoms with Crippen LogP contribution in [0.25, 0.3) is 11.1 Å². The molecule has 0 radical (unpaired) electrons. The molecule has 2 N–H and O–H groups in total. The number of hydrogen-bond acceptors (Lipinski definition) is 4. The second-order valence-corrected chi connectivity index (χ2v) is 11.0. The average molecular weight is 589 g/mol. The van der Waals surface area contributed by atoms with E-state index in [0.717, 1.165) is 41.9 Å². The Morgan fingerprint density at radius 2 is 2.00 bits per heavy atom. The summed E-state index contributed by atoms with van der Waals surface area (Å²) in [6, 6.07) is 1.68. The zero-order valence-electron chi connectivity index (χ0n) is 25.6. The van der Waals surface area contributed by atoms with Crippen LogP contribution in [-0.2, 0) is 6.42 Å². The van der Waals surface area contributed by atoms with Gasteiger partial charge in [0.25, 0.3) is 5.91 Å². The molecule has 2 aliphatic carbocycles. The van der Waals surface area contributed by atoms with Crippen molar-refractivity contribution in [1.29, 1.82) is 0 Å². The number of nitrogens with zero attached hydrogens (tertiary/aromatic N) is 4. The highest BCUT2D eigenvalue weighted by Gasteiger charge is 2.48. The Labute approximate surface area is 253 Å². The van der Waals surface area contributed by atoms with Gasteiger partial charge in [-0.1, -0.05) is 43.9 Å². The summed E-state index contributed by atoms with van der Waals surface area (Å²) in [5, 5.41) is 10.8. The van der Waals surface area contributed by atoms with Crippen molar-refractivity contribution in [2.45, 2.75) is 77.2 Å². The topological polar surface area (TPSA) is 83.2 Å². The molecule has 0 aliphatic heterocycles. The highest BCUT2D eigenvalue weighted by atomic mass is 19.1. The molecule has 2 aromatic heterocycles. The molecule has 9 heteroatoms. The maximum absolute atomic E-state index is 16.0.